The molecule has 0 fully saturated rings. The molecule has 210 valence electrons. The Morgan fingerprint density at radius 3 is 1.45 bits per heavy atom. The molecule has 0 saturated carbocycles. The van der Waals surface area contributed by atoms with Crippen LogP contribution in [0.4, 0.5) is 0 Å². The van der Waals surface area contributed by atoms with Gasteiger partial charge in [0, 0.05) is 25.0 Å². The Morgan fingerprint density at radius 1 is 0.763 bits per heavy atom. The first-order valence-corrected chi connectivity index (χ1v) is 10.6. The molecule has 0 radical (unpaired) electrons. The molecule has 38 heavy (non-hydrogen) atoms. The molecule has 16 heteroatoms. The SMILES string of the molecule is C1=CCC(c2cccnc2)NC1.O=C(O)CC(O)(CC(=O)O)C(=O)O.O=C(O)CC(O)(CC(=O)O)C(=O)O. The number of nitrogens with one attached hydrogen (secondary N) is 1. The second-order valence-corrected chi connectivity index (χ2v) is 7.91. The summed E-state index contributed by atoms with van der Waals surface area (Å²) in [6.07, 6.45) is 4.61. The summed E-state index contributed by atoms with van der Waals surface area (Å²) >= 11 is 0. The van der Waals surface area contributed by atoms with E-state index in [9.17, 15) is 28.8 Å². The number of aliphatic carboxylic acids is 6. The van der Waals surface area contributed by atoms with E-state index in [2.05, 4.69) is 28.5 Å². The lowest BCUT2D eigenvalue weighted by Crippen LogP contribution is -2.42. The van der Waals surface area contributed by atoms with E-state index in [0.717, 1.165) is 13.0 Å². The molecular formula is C22H28N2O14. The average Bonchev–Trinajstić information content (AvgIpc) is 2.79. The molecule has 2 rings (SSSR count). The molecule has 0 amide bonds. The second-order valence-electron chi connectivity index (χ2n) is 7.91. The van der Waals surface area contributed by atoms with E-state index >= 15 is 0 Å². The second kappa shape index (κ2) is 15.6. The fourth-order valence-corrected chi connectivity index (χ4v) is 2.87. The number of hydrogen-bond donors (Lipinski definition) is 9. The maximum Gasteiger partial charge on any atom is 0.336 e. The molecular weight excluding hydrogens is 516 g/mol. The van der Waals surface area contributed by atoms with Crippen LogP contribution in [0, 0.1) is 0 Å². The predicted molar refractivity (Wildman–Crippen MR) is 123 cm³/mol. The number of carboxylic acid groups (broad SMARTS) is 6. The highest BCUT2D eigenvalue weighted by Gasteiger charge is 2.41. The number of pyridine rings is 1. The molecule has 1 atom stereocenters. The van der Waals surface area contributed by atoms with Gasteiger partial charge in [-0.25, -0.2) is 9.59 Å². The van der Waals surface area contributed by atoms with Crippen molar-refractivity contribution < 1.29 is 69.6 Å². The highest BCUT2D eigenvalue weighted by Crippen LogP contribution is 2.18. The van der Waals surface area contributed by atoms with Gasteiger partial charge in [-0.2, -0.15) is 0 Å². The Bertz CT molecular complexity index is 940. The molecule has 1 aromatic rings. The normalized spacial score (nSPS) is 14.5. The summed E-state index contributed by atoms with van der Waals surface area (Å²) in [5.41, 5.74) is -4.20. The molecule has 0 bridgehead atoms. The van der Waals surface area contributed by atoms with Crippen LogP contribution in [-0.4, -0.2) is 99.4 Å². The van der Waals surface area contributed by atoms with Gasteiger partial charge < -0.3 is 46.2 Å². The molecule has 0 aromatic carbocycles. The Kier molecular flexibility index (Phi) is 13.8. The highest BCUT2D eigenvalue weighted by molar-refractivity contribution is 5.88. The Morgan fingerprint density at radius 2 is 1.18 bits per heavy atom. The van der Waals surface area contributed by atoms with Crippen LogP contribution in [0.5, 0.6) is 0 Å². The van der Waals surface area contributed by atoms with Gasteiger partial charge >= 0.3 is 35.8 Å². The van der Waals surface area contributed by atoms with Crippen LogP contribution in [-0.2, 0) is 28.8 Å². The Balaban J connectivity index is 0.000000540. The van der Waals surface area contributed by atoms with Crippen molar-refractivity contribution >= 4 is 35.8 Å². The summed E-state index contributed by atoms with van der Waals surface area (Å²) in [5, 5.41) is 71.0. The first-order valence-electron chi connectivity index (χ1n) is 10.6. The monoisotopic (exact) mass is 544 g/mol. The lowest BCUT2D eigenvalue weighted by molar-refractivity contribution is -0.170. The quantitative estimate of drug-likeness (QED) is 0.154. The Labute approximate surface area is 214 Å². The summed E-state index contributed by atoms with van der Waals surface area (Å²) in [7, 11) is 0. The van der Waals surface area contributed by atoms with Gasteiger partial charge in [-0.1, -0.05) is 18.2 Å². The zero-order valence-electron chi connectivity index (χ0n) is 19.8. The van der Waals surface area contributed by atoms with E-state index in [4.69, 9.17) is 40.9 Å². The minimum atomic E-state index is -2.74. The zero-order chi connectivity index (χ0) is 29.5. The Hall–Kier alpha value is -4.41. The molecule has 0 saturated heterocycles. The van der Waals surface area contributed by atoms with Crippen molar-refractivity contribution in [3.05, 3.63) is 42.2 Å². The van der Waals surface area contributed by atoms with Gasteiger partial charge in [-0.05, 0) is 18.1 Å². The van der Waals surface area contributed by atoms with Crippen molar-refractivity contribution in [2.24, 2.45) is 0 Å². The lowest BCUT2D eigenvalue weighted by atomic mass is 9.96. The average molecular weight is 544 g/mol. The highest BCUT2D eigenvalue weighted by atomic mass is 16.4. The lowest BCUT2D eigenvalue weighted by Gasteiger charge is -2.19. The van der Waals surface area contributed by atoms with Crippen LogP contribution < -0.4 is 5.32 Å². The maximum absolute atomic E-state index is 10.3. The number of carbonyl (C=O) groups is 6. The van der Waals surface area contributed by atoms with Crippen molar-refractivity contribution in [1.29, 1.82) is 0 Å². The zero-order valence-corrected chi connectivity index (χ0v) is 19.8. The van der Waals surface area contributed by atoms with Crippen LogP contribution in [0.25, 0.3) is 0 Å². The fraction of sp³-hybridized carbons (Fsp3) is 0.409. The summed E-state index contributed by atoms with van der Waals surface area (Å²) < 4.78 is 0. The molecule has 16 nitrogen and oxygen atoms in total. The van der Waals surface area contributed by atoms with E-state index in [1.165, 1.54) is 5.56 Å². The molecule has 1 unspecified atom stereocenters. The van der Waals surface area contributed by atoms with Gasteiger partial charge in [-0.3, -0.25) is 24.2 Å². The van der Waals surface area contributed by atoms with Crippen LogP contribution in [0.15, 0.2) is 36.7 Å². The first-order chi connectivity index (χ1) is 17.5. The number of nitrogens with zero attached hydrogens (tertiary/aromatic N) is 1. The minimum Gasteiger partial charge on any atom is -0.481 e. The first kappa shape index (κ1) is 33.6. The van der Waals surface area contributed by atoms with Crippen LogP contribution >= 0.6 is 0 Å². The number of carboxylic acids is 6. The number of aliphatic hydroxyl groups is 2. The predicted octanol–water partition coefficient (Wildman–Crippen LogP) is -0.825. The third kappa shape index (κ3) is 13.1. The van der Waals surface area contributed by atoms with E-state index in [0.29, 0.717) is 6.04 Å². The number of hydrogen-bond acceptors (Lipinski definition) is 10. The van der Waals surface area contributed by atoms with Crippen LogP contribution in [0.1, 0.15) is 43.7 Å². The summed E-state index contributed by atoms with van der Waals surface area (Å²) in [6.45, 7) is 0.972. The molecule has 1 aliphatic heterocycles. The van der Waals surface area contributed by atoms with Crippen LogP contribution in [0.3, 0.4) is 0 Å². The number of rotatable bonds is 11. The molecule has 1 aliphatic rings. The van der Waals surface area contributed by atoms with E-state index in [-0.39, 0.29) is 0 Å². The fourth-order valence-electron chi connectivity index (χ4n) is 2.87. The maximum atomic E-state index is 10.3. The van der Waals surface area contributed by atoms with Crippen molar-refractivity contribution in [3.8, 4) is 0 Å². The molecule has 2 heterocycles. The molecule has 1 aromatic heterocycles. The van der Waals surface area contributed by atoms with Gasteiger partial charge in [0.05, 0.1) is 25.7 Å². The van der Waals surface area contributed by atoms with E-state index in [1.807, 2.05) is 18.5 Å². The molecule has 0 spiro atoms. The summed E-state index contributed by atoms with van der Waals surface area (Å²) in [6, 6.07) is 4.56. The van der Waals surface area contributed by atoms with E-state index in [1.54, 1.807) is 0 Å². The van der Waals surface area contributed by atoms with Gasteiger partial charge in [0.1, 0.15) is 0 Å². The van der Waals surface area contributed by atoms with Crippen LogP contribution in [0.2, 0.25) is 0 Å². The molecule has 0 aliphatic carbocycles. The molecule has 9 N–H and O–H groups in total. The third-order valence-electron chi connectivity index (χ3n) is 4.68. The topological polar surface area (TPSA) is 289 Å². The van der Waals surface area contributed by atoms with Crippen molar-refractivity contribution in [2.45, 2.75) is 49.3 Å². The van der Waals surface area contributed by atoms with Crippen molar-refractivity contribution in [3.63, 3.8) is 0 Å². The van der Waals surface area contributed by atoms with Gasteiger partial charge in [-0.15, -0.1) is 0 Å². The van der Waals surface area contributed by atoms with Crippen molar-refractivity contribution in [2.75, 3.05) is 6.54 Å². The van der Waals surface area contributed by atoms with Gasteiger partial charge in [0.25, 0.3) is 0 Å². The minimum absolute atomic E-state index is 0.462. The third-order valence-corrected chi connectivity index (χ3v) is 4.68. The number of aromatic nitrogens is 1. The van der Waals surface area contributed by atoms with E-state index < -0.39 is 72.7 Å². The smallest absolute Gasteiger partial charge is 0.336 e. The van der Waals surface area contributed by atoms with Gasteiger partial charge in [0.2, 0.25) is 0 Å². The summed E-state index contributed by atoms with van der Waals surface area (Å²) in [4.78, 5) is 65.1. The van der Waals surface area contributed by atoms with Crippen molar-refractivity contribution in [1.82, 2.24) is 10.3 Å². The summed E-state index contributed by atoms with van der Waals surface area (Å²) in [5.74, 6) is -10.0. The largest absolute Gasteiger partial charge is 0.481 e. The van der Waals surface area contributed by atoms with Gasteiger partial charge in [0.15, 0.2) is 11.2 Å². The standard InChI is InChI=1S/C10H12N2.2C6H8O7/c1-2-7-12-10(5-1)9-4-3-6-11-8-9;2*7-3(8)1-6(13,5(11)12)2-4(9)10/h1-4,6,8,10,12H,5,7H2;2*13H,1-2H2,(H,7,8)(H,9,10)(H,11,12).